The van der Waals surface area contributed by atoms with Gasteiger partial charge in [0.15, 0.2) is 0 Å². The highest BCUT2D eigenvalue weighted by Gasteiger charge is 2.34. The second-order valence-electron chi connectivity index (χ2n) is 7.48. The number of piperidine rings is 2. The van der Waals surface area contributed by atoms with E-state index < -0.39 is 0 Å². The Morgan fingerprint density at radius 3 is 2.33 bits per heavy atom. The fourth-order valence-electron chi connectivity index (χ4n) is 3.76. The number of hydrogen-bond donors (Lipinski definition) is 1. The van der Waals surface area contributed by atoms with Crippen molar-refractivity contribution in [1.29, 1.82) is 0 Å². The van der Waals surface area contributed by atoms with Crippen LogP contribution in [0.1, 0.15) is 52.9 Å². The summed E-state index contributed by atoms with van der Waals surface area (Å²) in [6.07, 6.45) is 4.85. The number of likely N-dealkylation sites (tertiary alicyclic amines) is 2. The van der Waals surface area contributed by atoms with Crippen LogP contribution < -0.4 is 5.73 Å². The number of nitrogens with two attached hydrogens (primary N) is 1. The smallest absolute Gasteiger partial charge is 0.227 e. The van der Waals surface area contributed by atoms with Crippen molar-refractivity contribution in [3.8, 4) is 0 Å². The molecule has 5 nitrogen and oxygen atoms in total. The van der Waals surface area contributed by atoms with E-state index in [9.17, 15) is 9.59 Å². The lowest BCUT2D eigenvalue weighted by molar-refractivity contribution is -0.143. The molecule has 2 saturated heterocycles. The molecule has 2 aliphatic heterocycles. The van der Waals surface area contributed by atoms with Crippen LogP contribution in [0.25, 0.3) is 0 Å². The Morgan fingerprint density at radius 1 is 1.08 bits per heavy atom. The molecule has 4 unspecified atom stereocenters. The van der Waals surface area contributed by atoms with Crippen LogP contribution >= 0.6 is 12.4 Å². The maximum absolute atomic E-state index is 12.9. The van der Waals surface area contributed by atoms with Crippen molar-refractivity contribution in [3.05, 3.63) is 0 Å². The highest BCUT2D eigenvalue weighted by molar-refractivity contribution is 5.85. The van der Waals surface area contributed by atoms with Gasteiger partial charge < -0.3 is 15.5 Å². The van der Waals surface area contributed by atoms with Crippen LogP contribution in [0, 0.1) is 17.8 Å². The monoisotopic (exact) mass is 359 g/mol. The van der Waals surface area contributed by atoms with Gasteiger partial charge in [0.1, 0.15) is 0 Å². The predicted octanol–water partition coefficient (Wildman–Crippen LogP) is 2.28. The fraction of sp³-hybridized carbons (Fsp3) is 0.889. The molecule has 2 aliphatic rings. The van der Waals surface area contributed by atoms with E-state index in [1.165, 1.54) is 0 Å². The molecule has 0 aromatic heterocycles. The van der Waals surface area contributed by atoms with E-state index in [1.807, 2.05) is 30.6 Å². The third-order valence-electron chi connectivity index (χ3n) is 5.63. The van der Waals surface area contributed by atoms with Gasteiger partial charge in [-0.3, -0.25) is 9.59 Å². The highest BCUT2D eigenvalue weighted by atomic mass is 35.5. The van der Waals surface area contributed by atoms with Gasteiger partial charge in [-0.2, -0.15) is 0 Å². The van der Waals surface area contributed by atoms with Crippen LogP contribution in [-0.4, -0.2) is 53.8 Å². The number of halogens is 1. The fourth-order valence-corrected chi connectivity index (χ4v) is 3.76. The molecule has 2 heterocycles. The minimum Gasteiger partial charge on any atom is -0.342 e. The van der Waals surface area contributed by atoms with Gasteiger partial charge in [-0.15, -0.1) is 12.4 Å². The molecule has 0 aliphatic carbocycles. The molecule has 4 atom stereocenters. The summed E-state index contributed by atoms with van der Waals surface area (Å²) < 4.78 is 0. The van der Waals surface area contributed by atoms with E-state index >= 15 is 0 Å². The molecular formula is C18H34ClN3O2. The predicted molar refractivity (Wildman–Crippen MR) is 99.0 cm³/mol. The summed E-state index contributed by atoms with van der Waals surface area (Å²) in [5, 5.41) is 0. The van der Waals surface area contributed by atoms with E-state index in [2.05, 4.69) is 0 Å². The third-order valence-corrected chi connectivity index (χ3v) is 5.63. The van der Waals surface area contributed by atoms with Crippen molar-refractivity contribution in [1.82, 2.24) is 9.80 Å². The van der Waals surface area contributed by atoms with Gasteiger partial charge in [-0.25, -0.2) is 0 Å². The SMILES string of the molecule is CCC(C)C(=O)N1CCCC(C(=O)N2CCCC(C(C)N)C2)C1.Cl. The normalized spacial score (nSPS) is 27.2. The summed E-state index contributed by atoms with van der Waals surface area (Å²) in [5.74, 6) is 0.883. The van der Waals surface area contributed by atoms with Crippen molar-refractivity contribution in [2.75, 3.05) is 26.2 Å². The van der Waals surface area contributed by atoms with E-state index in [4.69, 9.17) is 5.73 Å². The molecule has 2 fully saturated rings. The number of amides is 2. The molecule has 0 aromatic rings. The van der Waals surface area contributed by atoms with Crippen LogP contribution in [-0.2, 0) is 9.59 Å². The number of rotatable bonds is 4. The summed E-state index contributed by atoms with van der Waals surface area (Å²) in [6, 6.07) is 0.139. The Hall–Kier alpha value is -0.810. The quantitative estimate of drug-likeness (QED) is 0.837. The van der Waals surface area contributed by atoms with E-state index in [1.54, 1.807) is 0 Å². The molecule has 0 bridgehead atoms. The highest BCUT2D eigenvalue weighted by Crippen LogP contribution is 2.25. The zero-order chi connectivity index (χ0) is 17.0. The molecule has 0 saturated carbocycles. The molecule has 2 rings (SSSR count). The van der Waals surface area contributed by atoms with Crippen LogP contribution in [0.3, 0.4) is 0 Å². The molecule has 24 heavy (non-hydrogen) atoms. The van der Waals surface area contributed by atoms with Gasteiger partial charge in [0.05, 0.1) is 5.92 Å². The molecule has 6 heteroatoms. The minimum atomic E-state index is -0.0245. The van der Waals surface area contributed by atoms with Crippen molar-refractivity contribution >= 4 is 24.2 Å². The first kappa shape index (κ1) is 21.2. The molecular weight excluding hydrogens is 326 g/mol. The van der Waals surface area contributed by atoms with Crippen molar-refractivity contribution < 1.29 is 9.59 Å². The molecule has 0 spiro atoms. The lowest BCUT2D eigenvalue weighted by atomic mass is 9.89. The van der Waals surface area contributed by atoms with Crippen LogP contribution in [0.15, 0.2) is 0 Å². The van der Waals surface area contributed by atoms with Crippen molar-refractivity contribution in [3.63, 3.8) is 0 Å². The van der Waals surface area contributed by atoms with Gasteiger partial charge in [-0.05, 0) is 44.9 Å². The van der Waals surface area contributed by atoms with Gasteiger partial charge in [0.2, 0.25) is 11.8 Å². The Morgan fingerprint density at radius 2 is 1.71 bits per heavy atom. The average Bonchev–Trinajstić information content (AvgIpc) is 2.59. The van der Waals surface area contributed by atoms with E-state index in [0.29, 0.717) is 12.5 Å². The molecule has 2 N–H and O–H groups in total. The molecule has 0 aromatic carbocycles. The number of carbonyl (C=O) groups excluding carboxylic acids is 2. The van der Waals surface area contributed by atoms with Gasteiger partial charge in [0, 0.05) is 38.1 Å². The van der Waals surface area contributed by atoms with Crippen molar-refractivity contribution in [2.24, 2.45) is 23.5 Å². The Balaban J connectivity index is 0.00000288. The zero-order valence-corrected chi connectivity index (χ0v) is 16.2. The first-order valence-electron chi connectivity index (χ1n) is 9.27. The number of carbonyl (C=O) groups is 2. The summed E-state index contributed by atoms with van der Waals surface area (Å²) in [6.45, 7) is 9.08. The number of nitrogens with zero attached hydrogens (tertiary/aromatic N) is 2. The van der Waals surface area contributed by atoms with Crippen molar-refractivity contribution in [2.45, 2.75) is 58.9 Å². The minimum absolute atomic E-state index is 0. The van der Waals surface area contributed by atoms with E-state index in [-0.39, 0.29) is 42.1 Å². The first-order chi connectivity index (χ1) is 10.9. The summed E-state index contributed by atoms with van der Waals surface area (Å²) in [4.78, 5) is 29.2. The largest absolute Gasteiger partial charge is 0.342 e. The second kappa shape index (κ2) is 9.62. The zero-order valence-electron chi connectivity index (χ0n) is 15.4. The molecule has 140 valence electrons. The van der Waals surface area contributed by atoms with Gasteiger partial charge in [0.25, 0.3) is 0 Å². The lowest BCUT2D eigenvalue weighted by Crippen LogP contribution is -2.51. The standard InChI is InChI=1S/C18H33N3O2.ClH/c1-4-13(2)17(22)20-9-6-8-16(12-20)18(23)21-10-5-7-15(11-21)14(3)19;/h13-16H,4-12,19H2,1-3H3;1H. The Kier molecular flexibility index (Phi) is 8.51. The summed E-state index contributed by atoms with van der Waals surface area (Å²) in [5.41, 5.74) is 6.03. The first-order valence-corrected chi connectivity index (χ1v) is 9.27. The molecule has 2 amide bonds. The van der Waals surface area contributed by atoms with Gasteiger partial charge >= 0.3 is 0 Å². The lowest BCUT2D eigenvalue weighted by Gasteiger charge is -2.39. The van der Waals surface area contributed by atoms with Gasteiger partial charge in [-0.1, -0.05) is 13.8 Å². The van der Waals surface area contributed by atoms with Crippen LogP contribution in [0.4, 0.5) is 0 Å². The summed E-state index contributed by atoms with van der Waals surface area (Å²) in [7, 11) is 0. The number of hydrogen-bond acceptors (Lipinski definition) is 3. The Labute approximate surface area is 152 Å². The van der Waals surface area contributed by atoms with E-state index in [0.717, 1.165) is 51.7 Å². The average molecular weight is 360 g/mol. The van der Waals surface area contributed by atoms with Crippen LogP contribution in [0.2, 0.25) is 0 Å². The maximum Gasteiger partial charge on any atom is 0.227 e. The Bertz CT molecular complexity index is 430. The third kappa shape index (κ3) is 5.09. The van der Waals surface area contributed by atoms with Crippen LogP contribution in [0.5, 0.6) is 0 Å². The topological polar surface area (TPSA) is 66.6 Å². The maximum atomic E-state index is 12.9. The summed E-state index contributed by atoms with van der Waals surface area (Å²) >= 11 is 0. The second-order valence-corrected chi connectivity index (χ2v) is 7.48. The molecule has 0 radical (unpaired) electrons.